The van der Waals surface area contributed by atoms with Crippen molar-refractivity contribution < 1.29 is 0 Å². The number of halogens is 1. The molecule has 0 saturated heterocycles. The molecule has 0 amide bonds. The molecule has 3 rings (SSSR count). The van der Waals surface area contributed by atoms with Crippen LogP contribution in [-0.2, 0) is 6.42 Å². The molecular formula is C16H21BrN2. The Morgan fingerprint density at radius 3 is 3.05 bits per heavy atom. The van der Waals surface area contributed by atoms with Crippen LogP contribution in [0.1, 0.15) is 49.3 Å². The maximum Gasteiger partial charge on any atom is 0.0459 e. The van der Waals surface area contributed by atoms with E-state index in [0.29, 0.717) is 5.92 Å². The lowest BCUT2D eigenvalue weighted by atomic mass is 9.84. The van der Waals surface area contributed by atoms with Crippen molar-refractivity contribution in [2.24, 2.45) is 5.73 Å². The SMILES string of the molecule is NCCCCC1CCCc2c1[nH]c1ccc(Br)cc21. The van der Waals surface area contributed by atoms with Gasteiger partial charge in [-0.15, -0.1) is 0 Å². The first kappa shape index (κ1) is 13.2. The van der Waals surface area contributed by atoms with Crippen molar-refractivity contribution >= 4 is 26.8 Å². The second kappa shape index (κ2) is 5.68. The molecule has 0 aliphatic heterocycles. The number of fused-ring (bicyclic) bond motifs is 3. The highest BCUT2D eigenvalue weighted by Crippen LogP contribution is 2.39. The fraction of sp³-hybridized carbons (Fsp3) is 0.500. The van der Waals surface area contributed by atoms with Crippen molar-refractivity contribution in [1.29, 1.82) is 0 Å². The summed E-state index contributed by atoms with van der Waals surface area (Å²) < 4.78 is 1.17. The van der Waals surface area contributed by atoms with Crippen molar-refractivity contribution in [3.8, 4) is 0 Å². The normalized spacial score (nSPS) is 18.7. The van der Waals surface area contributed by atoms with Gasteiger partial charge in [0, 0.05) is 21.1 Å². The fourth-order valence-corrected chi connectivity index (χ4v) is 3.71. The van der Waals surface area contributed by atoms with Crippen LogP contribution >= 0.6 is 15.9 Å². The van der Waals surface area contributed by atoms with Gasteiger partial charge in [0.1, 0.15) is 0 Å². The lowest BCUT2D eigenvalue weighted by Gasteiger charge is -2.22. The summed E-state index contributed by atoms with van der Waals surface area (Å²) in [5.41, 5.74) is 9.95. The van der Waals surface area contributed by atoms with Crippen LogP contribution in [0.5, 0.6) is 0 Å². The Labute approximate surface area is 122 Å². The van der Waals surface area contributed by atoms with Gasteiger partial charge in [-0.05, 0) is 68.3 Å². The number of H-pyrrole nitrogens is 1. The van der Waals surface area contributed by atoms with Gasteiger partial charge < -0.3 is 10.7 Å². The average Bonchev–Trinajstić information content (AvgIpc) is 2.78. The minimum atomic E-state index is 0.710. The predicted molar refractivity (Wildman–Crippen MR) is 84.6 cm³/mol. The molecule has 1 aliphatic carbocycles. The van der Waals surface area contributed by atoms with Gasteiger partial charge in [-0.3, -0.25) is 0 Å². The zero-order valence-corrected chi connectivity index (χ0v) is 12.8. The third-order valence-electron chi connectivity index (χ3n) is 4.30. The van der Waals surface area contributed by atoms with Gasteiger partial charge >= 0.3 is 0 Å². The Kier molecular flexibility index (Phi) is 3.94. The number of hydrogen-bond acceptors (Lipinski definition) is 1. The number of aromatic amines is 1. The molecule has 1 aromatic heterocycles. The van der Waals surface area contributed by atoms with Crippen LogP contribution in [0, 0.1) is 0 Å². The summed E-state index contributed by atoms with van der Waals surface area (Å²) in [7, 11) is 0. The number of hydrogen-bond donors (Lipinski definition) is 2. The Morgan fingerprint density at radius 2 is 2.21 bits per heavy atom. The van der Waals surface area contributed by atoms with E-state index in [2.05, 4.69) is 39.1 Å². The van der Waals surface area contributed by atoms with E-state index in [4.69, 9.17) is 5.73 Å². The minimum absolute atomic E-state index is 0.710. The first-order valence-corrected chi connectivity index (χ1v) is 8.09. The molecule has 2 nitrogen and oxygen atoms in total. The summed E-state index contributed by atoms with van der Waals surface area (Å²) in [5.74, 6) is 0.710. The van der Waals surface area contributed by atoms with E-state index in [-0.39, 0.29) is 0 Å². The number of unbranched alkanes of at least 4 members (excludes halogenated alkanes) is 1. The lowest BCUT2D eigenvalue weighted by molar-refractivity contribution is 0.491. The molecule has 0 spiro atoms. The highest BCUT2D eigenvalue weighted by atomic mass is 79.9. The summed E-state index contributed by atoms with van der Waals surface area (Å²) in [6.45, 7) is 0.819. The van der Waals surface area contributed by atoms with Gasteiger partial charge in [0.2, 0.25) is 0 Å². The predicted octanol–water partition coefficient (Wildman–Crippen LogP) is 4.48. The van der Waals surface area contributed by atoms with Crippen molar-refractivity contribution in [2.75, 3.05) is 6.54 Å². The van der Waals surface area contributed by atoms with Gasteiger partial charge in [0.05, 0.1) is 0 Å². The summed E-state index contributed by atoms with van der Waals surface area (Å²) >= 11 is 3.58. The summed E-state index contributed by atoms with van der Waals surface area (Å²) in [6, 6.07) is 6.56. The highest BCUT2D eigenvalue weighted by Gasteiger charge is 2.23. The van der Waals surface area contributed by atoms with Crippen molar-refractivity contribution in [2.45, 2.75) is 44.4 Å². The molecule has 0 fully saturated rings. The number of aromatic nitrogens is 1. The summed E-state index contributed by atoms with van der Waals surface area (Å²) in [5, 5.41) is 1.41. The van der Waals surface area contributed by atoms with Crippen LogP contribution in [0.2, 0.25) is 0 Å². The molecule has 0 bridgehead atoms. The van der Waals surface area contributed by atoms with E-state index in [1.54, 1.807) is 5.56 Å². The van der Waals surface area contributed by atoms with Gasteiger partial charge in [0.15, 0.2) is 0 Å². The molecule has 3 heteroatoms. The molecule has 0 radical (unpaired) electrons. The van der Waals surface area contributed by atoms with Crippen LogP contribution < -0.4 is 5.73 Å². The fourth-order valence-electron chi connectivity index (χ4n) is 3.35. The first-order chi connectivity index (χ1) is 9.29. The lowest BCUT2D eigenvalue weighted by Crippen LogP contribution is -2.10. The number of aryl methyl sites for hydroxylation is 1. The van der Waals surface area contributed by atoms with Crippen LogP contribution in [0.15, 0.2) is 22.7 Å². The third-order valence-corrected chi connectivity index (χ3v) is 4.79. The minimum Gasteiger partial charge on any atom is -0.358 e. The Morgan fingerprint density at radius 1 is 1.32 bits per heavy atom. The van der Waals surface area contributed by atoms with Crippen LogP contribution in [0.3, 0.4) is 0 Å². The Balaban J connectivity index is 1.93. The van der Waals surface area contributed by atoms with Crippen LogP contribution in [0.25, 0.3) is 10.9 Å². The number of nitrogens with one attached hydrogen (secondary N) is 1. The van der Waals surface area contributed by atoms with Crippen molar-refractivity contribution in [1.82, 2.24) is 4.98 Å². The second-order valence-electron chi connectivity index (χ2n) is 5.58. The monoisotopic (exact) mass is 320 g/mol. The second-order valence-corrected chi connectivity index (χ2v) is 6.50. The topological polar surface area (TPSA) is 41.8 Å². The molecule has 1 aromatic carbocycles. The summed E-state index contributed by atoms with van der Waals surface area (Å²) in [6.07, 6.45) is 7.54. The van der Waals surface area contributed by atoms with E-state index in [9.17, 15) is 0 Å². The van der Waals surface area contributed by atoms with E-state index < -0.39 is 0 Å². The number of benzene rings is 1. The van der Waals surface area contributed by atoms with Crippen LogP contribution in [0.4, 0.5) is 0 Å². The Bertz CT molecular complexity index is 573. The van der Waals surface area contributed by atoms with Crippen molar-refractivity contribution in [3.63, 3.8) is 0 Å². The smallest absolute Gasteiger partial charge is 0.0459 e. The maximum atomic E-state index is 5.60. The molecule has 1 aliphatic rings. The summed E-state index contributed by atoms with van der Waals surface area (Å²) in [4.78, 5) is 3.67. The molecule has 2 aromatic rings. The Hall–Kier alpha value is -0.800. The molecule has 0 saturated carbocycles. The largest absolute Gasteiger partial charge is 0.358 e. The van der Waals surface area contributed by atoms with Crippen LogP contribution in [-0.4, -0.2) is 11.5 Å². The molecule has 102 valence electrons. The zero-order valence-electron chi connectivity index (χ0n) is 11.2. The van der Waals surface area contributed by atoms with Crippen molar-refractivity contribution in [3.05, 3.63) is 33.9 Å². The van der Waals surface area contributed by atoms with Gasteiger partial charge in [-0.1, -0.05) is 22.4 Å². The standard InChI is InChI=1S/C16H21BrN2/c17-12-7-8-15-14(10-12)13-6-3-5-11(16(13)19-15)4-1-2-9-18/h7-8,10-11,19H,1-6,9,18H2. The highest BCUT2D eigenvalue weighted by molar-refractivity contribution is 9.10. The quantitative estimate of drug-likeness (QED) is 0.801. The molecular weight excluding hydrogens is 300 g/mol. The molecule has 19 heavy (non-hydrogen) atoms. The van der Waals surface area contributed by atoms with E-state index >= 15 is 0 Å². The number of rotatable bonds is 4. The zero-order chi connectivity index (χ0) is 13.2. The van der Waals surface area contributed by atoms with Gasteiger partial charge in [-0.25, -0.2) is 0 Å². The third kappa shape index (κ3) is 2.59. The van der Waals surface area contributed by atoms with E-state index in [0.717, 1.165) is 13.0 Å². The van der Waals surface area contributed by atoms with Gasteiger partial charge in [0.25, 0.3) is 0 Å². The molecule has 1 heterocycles. The molecule has 1 unspecified atom stereocenters. The van der Waals surface area contributed by atoms with Gasteiger partial charge in [-0.2, -0.15) is 0 Å². The van der Waals surface area contributed by atoms with E-state index in [1.807, 2.05) is 0 Å². The average molecular weight is 321 g/mol. The first-order valence-electron chi connectivity index (χ1n) is 7.29. The number of nitrogens with two attached hydrogens (primary N) is 1. The maximum absolute atomic E-state index is 5.60. The van der Waals surface area contributed by atoms with E-state index in [1.165, 1.54) is 53.2 Å². The molecule has 3 N–H and O–H groups in total. The molecule has 1 atom stereocenters.